The lowest BCUT2D eigenvalue weighted by Crippen LogP contribution is -2.35. The largest absolute Gasteiger partial charge is 0.378 e. The van der Waals surface area contributed by atoms with E-state index >= 15 is 0 Å². The molecule has 5 heteroatoms. The van der Waals surface area contributed by atoms with Gasteiger partial charge < -0.3 is 10.5 Å². The van der Waals surface area contributed by atoms with Gasteiger partial charge in [0.25, 0.3) is 0 Å². The fourth-order valence-electron chi connectivity index (χ4n) is 1.04. The van der Waals surface area contributed by atoms with Crippen LogP contribution in [0.1, 0.15) is 19.8 Å². The molecule has 0 aromatic carbocycles. The molecule has 0 amide bonds. The van der Waals surface area contributed by atoms with E-state index in [1.165, 1.54) is 0 Å². The number of thiocarbonyl (C=S) groups is 1. The van der Waals surface area contributed by atoms with Crippen molar-refractivity contribution in [3.8, 4) is 0 Å². The summed E-state index contributed by atoms with van der Waals surface area (Å²) in [4.78, 5) is 0. The third-order valence-electron chi connectivity index (χ3n) is 1.65. The summed E-state index contributed by atoms with van der Waals surface area (Å²) in [5.74, 6) is 0. The monoisotopic (exact) mass is 187 g/mol. The number of nitrogens with two attached hydrogens (primary N) is 1. The summed E-state index contributed by atoms with van der Waals surface area (Å²) in [7, 11) is 0. The van der Waals surface area contributed by atoms with Crippen LogP contribution in [0.5, 0.6) is 0 Å². The van der Waals surface area contributed by atoms with E-state index in [9.17, 15) is 0 Å². The van der Waals surface area contributed by atoms with Crippen molar-refractivity contribution in [2.24, 2.45) is 10.8 Å². The Morgan fingerprint density at radius 2 is 2.50 bits per heavy atom. The number of hydrogen-bond acceptors (Lipinski definition) is 3. The van der Waals surface area contributed by atoms with Crippen molar-refractivity contribution in [3.05, 3.63) is 0 Å². The first kappa shape index (κ1) is 9.41. The van der Waals surface area contributed by atoms with E-state index in [4.69, 9.17) is 10.5 Å². The van der Waals surface area contributed by atoms with Gasteiger partial charge in [0, 0.05) is 25.2 Å². The maximum absolute atomic E-state index is 5.34. The molecule has 0 radical (unpaired) electrons. The van der Waals surface area contributed by atoms with Crippen LogP contribution in [0.2, 0.25) is 0 Å². The topological polar surface area (TPSA) is 59.6 Å². The first-order valence-corrected chi connectivity index (χ1v) is 4.35. The molecule has 1 rings (SSSR count). The highest BCUT2D eigenvalue weighted by atomic mass is 32.1. The number of nitrogens with one attached hydrogen (secondary N) is 1. The van der Waals surface area contributed by atoms with Crippen molar-refractivity contribution in [3.63, 3.8) is 0 Å². The van der Waals surface area contributed by atoms with Gasteiger partial charge in [-0.25, -0.2) is 0 Å². The number of nitrogens with zero attached hydrogens (tertiary/aromatic N) is 1. The zero-order chi connectivity index (χ0) is 8.97. The second-order valence-corrected chi connectivity index (χ2v) is 3.08. The summed E-state index contributed by atoms with van der Waals surface area (Å²) in [5.41, 5.74) is 8.82. The number of hydrogen-bond donors (Lipinski definition) is 2. The average Bonchev–Trinajstić information content (AvgIpc) is 1.93. The van der Waals surface area contributed by atoms with Crippen LogP contribution in [0.15, 0.2) is 5.10 Å². The summed E-state index contributed by atoms with van der Waals surface area (Å²) < 4.78 is 5.34. The molecule has 0 heterocycles. The van der Waals surface area contributed by atoms with Crippen molar-refractivity contribution < 1.29 is 4.74 Å². The summed E-state index contributed by atoms with van der Waals surface area (Å²) in [6, 6.07) is 0. The van der Waals surface area contributed by atoms with E-state index in [0.29, 0.717) is 6.10 Å². The van der Waals surface area contributed by atoms with Gasteiger partial charge in [-0.05, 0) is 19.1 Å². The third-order valence-corrected chi connectivity index (χ3v) is 1.74. The summed E-state index contributed by atoms with van der Waals surface area (Å²) >= 11 is 4.59. The van der Waals surface area contributed by atoms with E-state index in [1.54, 1.807) is 0 Å². The van der Waals surface area contributed by atoms with Gasteiger partial charge >= 0.3 is 0 Å². The molecule has 3 N–H and O–H groups in total. The lowest BCUT2D eigenvalue weighted by atomic mass is 9.93. The van der Waals surface area contributed by atoms with Crippen LogP contribution in [-0.4, -0.2) is 23.5 Å². The van der Waals surface area contributed by atoms with Gasteiger partial charge in [0.2, 0.25) is 0 Å². The quantitative estimate of drug-likeness (QED) is 0.495. The molecule has 68 valence electrons. The van der Waals surface area contributed by atoms with Crippen LogP contribution < -0.4 is 11.2 Å². The molecular weight excluding hydrogens is 174 g/mol. The Morgan fingerprint density at radius 3 is 3.00 bits per heavy atom. The first-order chi connectivity index (χ1) is 5.72. The Bertz CT molecular complexity index is 197. The predicted octanol–water partition coefficient (Wildman–Crippen LogP) is 0.374. The van der Waals surface area contributed by atoms with Crippen molar-refractivity contribution in [1.29, 1.82) is 0 Å². The van der Waals surface area contributed by atoms with Crippen molar-refractivity contribution in [2.45, 2.75) is 25.9 Å². The minimum absolute atomic E-state index is 0.211. The lowest BCUT2D eigenvalue weighted by Gasteiger charge is -2.27. The Morgan fingerprint density at radius 1 is 1.83 bits per heavy atom. The SMILES string of the molecule is CCOC1CC(=NNC(N)=S)C1. The Balaban J connectivity index is 2.15. The van der Waals surface area contributed by atoms with Crippen molar-refractivity contribution in [2.75, 3.05) is 6.61 Å². The smallest absolute Gasteiger partial charge is 0.184 e. The lowest BCUT2D eigenvalue weighted by molar-refractivity contribution is 0.0561. The molecule has 0 aromatic heterocycles. The van der Waals surface area contributed by atoms with Crippen LogP contribution in [0.3, 0.4) is 0 Å². The van der Waals surface area contributed by atoms with Gasteiger partial charge in [0.15, 0.2) is 5.11 Å². The molecular formula is C7H13N3OS. The normalized spacial score (nSPS) is 21.4. The zero-order valence-corrected chi connectivity index (χ0v) is 7.86. The van der Waals surface area contributed by atoms with Gasteiger partial charge in [0.05, 0.1) is 6.10 Å². The van der Waals surface area contributed by atoms with E-state index < -0.39 is 0 Å². The van der Waals surface area contributed by atoms with E-state index in [2.05, 4.69) is 22.7 Å². The molecule has 0 atom stereocenters. The molecule has 1 fully saturated rings. The molecule has 1 aliphatic carbocycles. The summed E-state index contributed by atoms with van der Waals surface area (Å²) in [6.45, 7) is 2.75. The standard InChI is InChI=1S/C7H13N3OS/c1-2-11-6-3-5(4-6)9-10-7(8)12/h6H,2-4H2,1H3,(H3,8,10,12). The van der Waals surface area contributed by atoms with Gasteiger partial charge in [-0.3, -0.25) is 5.43 Å². The Hall–Kier alpha value is -0.680. The highest BCUT2D eigenvalue weighted by molar-refractivity contribution is 7.80. The fraction of sp³-hybridized carbons (Fsp3) is 0.714. The van der Waals surface area contributed by atoms with Gasteiger partial charge in [-0.1, -0.05) is 0 Å². The van der Waals surface area contributed by atoms with Crippen molar-refractivity contribution >= 4 is 23.0 Å². The fourth-order valence-corrected chi connectivity index (χ4v) is 1.09. The van der Waals surface area contributed by atoms with Crippen LogP contribution in [0.4, 0.5) is 0 Å². The molecule has 0 spiro atoms. The molecule has 1 aliphatic rings. The second kappa shape index (κ2) is 4.37. The minimum Gasteiger partial charge on any atom is -0.378 e. The molecule has 12 heavy (non-hydrogen) atoms. The Labute approximate surface area is 77.2 Å². The van der Waals surface area contributed by atoms with Gasteiger partial charge in [0.1, 0.15) is 0 Å². The molecule has 4 nitrogen and oxygen atoms in total. The minimum atomic E-state index is 0.211. The van der Waals surface area contributed by atoms with E-state index in [0.717, 1.165) is 25.2 Å². The maximum atomic E-state index is 5.34. The first-order valence-electron chi connectivity index (χ1n) is 3.95. The molecule has 1 saturated carbocycles. The molecule has 0 aromatic rings. The van der Waals surface area contributed by atoms with Crippen LogP contribution in [0, 0.1) is 0 Å². The third kappa shape index (κ3) is 2.75. The number of hydrazone groups is 1. The molecule has 0 bridgehead atoms. The Kier molecular flexibility index (Phi) is 3.43. The summed E-state index contributed by atoms with van der Waals surface area (Å²) in [5, 5.41) is 4.19. The molecule has 0 saturated heterocycles. The van der Waals surface area contributed by atoms with Crippen molar-refractivity contribution in [1.82, 2.24) is 5.43 Å². The van der Waals surface area contributed by atoms with Crippen LogP contribution in [-0.2, 0) is 4.74 Å². The van der Waals surface area contributed by atoms with Crippen LogP contribution in [0.25, 0.3) is 0 Å². The second-order valence-electron chi connectivity index (χ2n) is 2.64. The number of ether oxygens (including phenoxy) is 1. The predicted molar refractivity (Wildman–Crippen MR) is 52.0 cm³/mol. The van der Waals surface area contributed by atoms with Gasteiger partial charge in [-0.2, -0.15) is 5.10 Å². The summed E-state index contributed by atoms with van der Waals surface area (Å²) in [6.07, 6.45) is 2.13. The zero-order valence-electron chi connectivity index (χ0n) is 7.04. The molecule has 0 unspecified atom stereocenters. The maximum Gasteiger partial charge on any atom is 0.184 e. The average molecular weight is 187 g/mol. The van der Waals surface area contributed by atoms with E-state index in [1.807, 2.05) is 6.92 Å². The highest BCUT2D eigenvalue weighted by Gasteiger charge is 2.24. The van der Waals surface area contributed by atoms with Crippen LogP contribution >= 0.6 is 12.2 Å². The number of rotatable bonds is 3. The molecule has 0 aliphatic heterocycles. The highest BCUT2D eigenvalue weighted by Crippen LogP contribution is 2.19. The van der Waals surface area contributed by atoms with Gasteiger partial charge in [-0.15, -0.1) is 0 Å². The van der Waals surface area contributed by atoms with E-state index in [-0.39, 0.29) is 5.11 Å².